The summed E-state index contributed by atoms with van der Waals surface area (Å²) in [6.45, 7) is 3.69. The average Bonchev–Trinajstić information content (AvgIpc) is 3.34. The van der Waals surface area contributed by atoms with Gasteiger partial charge in [0.25, 0.3) is 0 Å². The van der Waals surface area contributed by atoms with E-state index in [1.54, 1.807) is 37.7 Å². The highest BCUT2D eigenvalue weighted by atomic mass is 16.5. The normalized spacial score (nSPS) is 12.3. The number of primary amides is 1. The summed E-state index contributed by atoms with van der Waals surface area (Å²) in [5.74, 6) is 0.681. The fourth-order valence-electron chi connectivity index (χ4n) is 4.45. The quantitative estimate of drug-likeness (QED) is 0.398. The molecule has 10 nitrogen and oxygen atoms in total. The molecule has 0 spiro atoms. The number of benzene rings is 1. The van der Waals surface area contributed by atoms with Crippen LogP contribution in [0.15, 0.2) is 52.0 Å². The van der Waals surface area contributed by atoms with Crippen LogP contribution in [-0.2, 0) is 4.79 Å². The molecule has 10 heteroatoms. The van der Waals surface area contributed by atoms with Crippen molar-refractivity contribution >= 4 is 27.8 Å². The fourth-order valence-corrected chi connectivity index (χ4v) is 4.45. The van der Waals surface area contributed by atoms with Gasteiger partial charge < -0.3 is 20.0 Å². The first kappa shape index (κ1) is 21.4. The van der Waals surface area contributed by atoms with Gasteiger partial charge in [0.15, 0.2) is 0 Å². The van der Waals surface area contributed by atoms with Crippen LogP contribution in [0.1, 0.15) is 29.6 Å². The number of aromatic amines is 1. The van der Waals surface area contributed by atoms with E-state index in [2.05, 4.69) is 20.1 Å². The monoisotopic (exact) mass is 458 g/mol. The molecule has 3 N–H and O–H groups in total. The van der Waals surface area contributed by atoms with E-state index in [4.69, 9.17) is 15.0 Å². The Kier molecular flexibility index (Phi) is 5.12. The Labute approximate surface area is 193 Å². The van der Waals surface area contributed by atoms with Gasteiger partial charge >= 0.3 is 5.69 Å². The van der Waals surface area contributed by atoms with Gasteiger partial charge in [-0.2, -0.15) is 0 Å². The minimum Gasteiger partial charge on any atom is -0.496 e. The smallest absolute Gasteiger partial charge is 0.327 e. The van der Waals surface area contributed by atoms with Crippen molar-refractivity contribution in [1.29, 1.82) is 0 Å². The molecule has 0 saturated heterocycles. The standard InChI is InChI=1S/C24H22N6O4/c1-12-22(13(2)34-29-12)15-8-17-14(9-20(15)33-3)23-18(11-27-17)28-24(32)30(23)19(10-21(25)31)16-6-4-5-7-26-16/h4-9,11,19H,10H2,1-3H3,(H2,25,31)(H,28,32)/t19-/m1/s1. The van der Waals surface area contributed by atoms with E-state index in [1.807, 2.05) is 26.0 Å². The van der Waals surface area contributed by atoms with Gasteiger partial charge in [-0.1, -0.05) is 11.2 Å². The van der Waals surface area contributed by atoms with Crippen molar-refractivity contribution in [3.8, 4) is 16.9 Å². The number of methoxy groups -OCH3 is 1. The molecule has 0 fully saturated rings. The molecular weight excluding hydrogens is 436 g/mol. The highest BCUT2D eigenvalue weighted by molar-refractivity contribution is 6.05. The molecule has 5 rings (SSSR count). The molecule has 4 aromatic heterocycles. The molecule has 5 aromatic rings. The lowest BCUT2D eigenvalue weighted by Gasteiger charge is -2.18. The zero-order chi connectivity index (χ0) is 24.0. The molecule has 1 amide bonds. The number of carbonyl (C=O) groups is 1. The Morgan fingerprint density at radius 3 is 2.74 bits per heavy atom. The largest absolute Gasteiger partial charge is 0.496 e. The Morgan fingerprint density at radius 1 is 1.26 bits per heavy atom. The van der Waals surface area contributed by atoms with Crippen molar-refractivity contribution in [2.75, 3.05) is 7.11 Å². The van der Waals surface area contributed by atoms with Crippen molar-refractivity contribution in [2.45, 2.75) is 26.3 Å². The second kappa shape index (κ2) is 8.14. The number of rotatable bonds is 6. The summed E-state index contributed by atoms with van der Waals surface area (Å²) in [6.07, 6.45) is 3.11. The van der Waals surface area contributed by atoms with Crippen LogP contribution in [-0.4, -0.2) is 37.7 Å². The molecule has 0 bridgehead atoms. The van der Waals surface area contributed by atoms with Gasteiger partial charge in [-0.15, -0.1) is 0 Å². The number of imidazole rings is 1. The summed E-state index contributed by atoms with van der Waals surface area (Å²) in [4.78, 5) is 36.9. The van der Waals surface area contributed by atoms with Crippen molar-refractivity contribution in [1.82, 2.24) is 24.7 Å². The number of nitrogens with two attached hydrogens (primary N) is 1. The molecule has 1 aromatic carbocycles. The lowest BCUT2D eigenvalue weighted by Crippen LogP contribution is -2.28. The number of pyridine rings is 2. The van der Waals surface area contributed by atoms with Gasteiger partial charge in [0, 0.05) is 17.1 Å². The number of hydrogen-bond donors (Lipinski definition) is 2. The van der Waals surface area contributed by atoms with Crippen molar-refractivity contribution in [3.63, 3.8) is 0 Å². The number of nitrogens with zero attached hydrogens (tertiary/aromatic N) is 4. The van der Waals surface area contributed by atoms with E-state index in [-0.39, 0.29) is 6.42 Å². The van der Waals surface area contributed by atoms with Gasteiger partial charge in [0.1, 0.15) is 11.5 Å². The van der Waals surface area contributed by atoms with Crippen LogP contribution >= 0.6 is 0 Å². The maximum absolute atomic E-state index is 13.1. The number of ether oxygens (including phenoxy) is 1. The third-order valence-electron chi connectivity index (χ3n) is 5.90. The summed E-state index contributed by atoms with van der Waals surface area (Å²) in [5, 5.41) is 4.72. The third-order valence-corrected chi connectivity index (χ3v) is 5.90. The van der Waals surface area contributed by atoms with E-state index in [9.17, 15) is 9.59 Å². The average molecular weight is 458 g/mol. The molecule has 0 aliphatic rings. The maximum Gasteiger partial charge on any atom is 0.327 e. The van der Waals surface area contributed by atoms with Crippen LogP contribution in [0.2, 0.25) is 0 Å². The molecular formula is C24H22N6O4. The van der Waals surface area contributed by atoms with E-state index in [1.165, 1.54) is 4.57 Å². The molecule has 0 unspecified atom stereocenters. The van der Waals surface area contributed by atoms with Crippen LogP contribution in [0.25, 0.3) is 33.1 Å². The Hall–Kier alpha value is -4.47. The fraction of sp³-hybridized carbons (Fsp3) is 0.208. The maximum atomic E-state index is 13.1. The zero-order valence-electron chi connectivity index (χ0n) is 18.8. The summed E-state index contributed by atoms with van der Waals surface area (Å²) in [5.41, 5.74) is 9.78. The second-order valence-corrected chi connectivity index (χ2v) is 8.03. The van der Waals surface area contributed by atoms with E-state index in [0.717, 1.165) is 16.8 Å². The first-order valence-corrected chi connectivity index (χ1v) is 10.6. The number of hydrogen-bond acceptors (Lipinski definition) is 7. The van der Waals surface area contributed by atoms with Crippen LogP contribution < -0.4 is 16.2 Å². The zero-order valence-corrected chi connectivity index (χ0v) is 18.8. The van der Waals surface area contributed by atoms with Crippen LogP contribution in [0, 0.1) is 13.8 Å². The van der Waals surface area contributed by atoms with Gasteiger partial charge in [0.2, 0.25) is 5.91 Å². The number of carbonyl (C=O) groups excluding carboxylic acids is 1. The SMILES string of the molecule is COc1cc2c(cc1-c1c(C)noc1C)ncc1[nH]c(=O)n([C@H](CC(N)=O)c3ccccn3)c12. The highest BCUT2D eigenvalue weighted by Gasteiger charge is 2.25. The van der Waals surface area contributed by atoms with Crippen LogP contribution in [0.3, 0.4) is 0 Å². The molecule has 4 heterocycles. The lowest BCUT2D eigenvalue weighted by molar-refractivity contribution is -0.118. The Balaban J connectivity index is 1.83. The number of fused-ring (bicyclic) bond motifs is 3. The Bertz CT molecular complexity index is 1580. The lowest BCUT2D eigenvalue weighted by atomic mass is 10.00. The van der Waals surface area contributed by atoms with Crippen molar-refractivity contribution in [2.24, 2.45) is 5.73 Å². The molecule has 0 radical (unpaired) electrons. The first-order chi connectivity index (χ1) is 16.4. The van der Waals surface area contributed by atoms with Crippen LogP contribution in [0.5, 0.6) is 5.75 Å². The second-order valence-electron chi connectivity index (χ2n) is 8.03. The van der Waals surface area contributed by atoms with Gasteiger partial charge in [-0.25, -0.2) is 4.79 Å². The van der Waals surface area contributed by atoms with E-state index in [0.29, 0.717) is 39.1 Å². The first-order valence-electron chi connectivity index (χ1n) is 10.6. The summed E-state index contributed by atoms with van der Waals surface area (Å²) in [6, 6.07) is 8.34. The predicted molar refractivity (Wildman–Crippen MR) is 126 cm³/mol. The third kappa shape index (κ3) is 3.40. The minimum atomic E-state index is -0.696. The summed E-state index contributed by atoms with van der Waals surface area (Å²) in [7, 11) is 1.57. The molecule has 0 aliphatic heterocycles. The molecule has 1 atom stereocenters. The van der Waals surface area contributed by atoms with Crippen molar-refractivity contribution < 1.29 is 14.1 Å². The van der Waals surface area contributed by atoms with E-state index >= 15 is 0 Å². The van der Waals surface area contributed by atoms with Gasteiger partial charge in [-0.05, 0) is 38.1 Å². The molecule has 34 heavy (non-hydrogen) atoms. The highest BCUT2D eigenvalue weighted by Crippen LogP contribution is 2.39. The number of amides is 1. The summed E-state index contributed by atoms with van der Waals surface area (Å²) >= 11 is 0. The predicted octanol–water partition coefficient (Wildman–Crippen LogP) is 3.02. The van der Waals surface area contributed by atoms with Gasteiger partial charge in [0.05, 0.1) is 59.3 Å². The number of nitrogens with one attached hydrogen (secondary N) is 1. The number of H-pyrrole nitrogens is 1. The van der Waals surface area contributed by atoms with Crippen molar-refractivity contribution in [3.05, 3.63) is 70.4 Å². The number of aromatic nitrogens is 5. The topological polar surface area (TPSA) is 142 Å². The minimum absolute atomic E-state index is 0.0953. The van der Waals surface area contributed by atoms with Crippen LogP contribution in [0.4, 0.5) is 0 Å². The summed E-state index contributed by atoms with van der Waals surface area (Å²) < 4.78 is 12.6. The Morgan fingerprint density at radius 2 is 2.09 bits per heavy atom. The molecule has 172 valence electrons. The molecule has 0 saturated carbocycles. The van der Waals surface area contributed by atoms with E-state index < -0.39 is 17.6 Å². The molecule has 0 aliphatic carbocycles. The van der Waals surface area contributed by atoms with Gasteiger partial charge in [-0.3, -0.25) is 19.3 Å². The number of aryl methyl sites for hydroxylation is 2.